The van der Waals surface area contributed by atoms with Crippen molar-refractivity contribution in [2.75, 3.05) is 13.2 Å². The lowest BCUT2D eigenvalue weighted by molar-refractivity contribution is 0.0849. The van der Waals surface area contributed by atoms with Gasteiger partial charge in [0.2, 0.25) is 0 Å². The first-order chi connectivity index (χ1) is 7.29. The molecular formula is C10H15ClN2OS. The zero-order valence-electron chi connectivity index (χ0n) is 8.53. The Bertz CT molecular complexity index is 318. The maximum atomic E-state index is 9.26. The first-order valence-corrected chi connectivity index (χ1v) is 6.44. The molecule has 1 saturated heterocycles. The predicted molar refractivity (Wildman–Crippen MR) is 62.3 cm³/mol. The van der Waals surface area contributed by atoms with Crippen molar-refractivity contribution >= 4 is 22.9 Å². The number of likely N-dealkylation sites (tertiary alicyclic amines) is 1. The van der Waals surface area contributed by atoms with Crippen LogP contribution in [0.4, 0.5) is 0 Å². The number of hydrogen-bond donors (Lipinski definition) is 1. The van der Waals surface area contributed by atoms with E-state index in [0.29, 0.717) is 10.5 Å². The molecule has 84 valence electrons. The van der Waals surface area contributed by atoms with Crippen LogP contribution >= 0.6 is 22.9 Å². The third-order valence-electron chi connectivity index (χ3n) is 2.84. The molecule has 3 nitrogen and oxygen atoms in total. The molecule has 0 aromatic carbocycles. The van der Waals surface area contributed by atoms with Crippen LogP contribution in [-0.2, 0) is 6.54 Å². The van der Waals surface area contributed by atoms with Crippen molar-refractivity contribution in [3.63, 3.8) is 0 Å². The molecule has 1 aromatic heterocycles. The van der Waals surface area contributed by atoms with E-state index in [9.17, 15) is 5.11 Å². The van der Waals surface area contributed by atoms with E-state index < -0.39 is 0 Å². The summed E-state index contributed by atoms with van der Waals surface area (Å²) in [6.07, 6.45) is 5.38. The summed E-state index contributed by atoms with van der Waals surface area (Å²) < 4.78 is 0.600. The highest BCUT2D eigenvalue weighted by molar-refractivity contribution is 7.15. The molecule has 0 amide bonds. The van der Waals surface area contributed by atoms with Gasteiger partial charge in [-0.05, 0) is 19.4 Å². The number of nitrogens with zero attached hydrogens (tertiary/aromatic N) is 2. The summed E-state index contributed by atoms with van der Waals surface area (Å²) in [7, 11) is 0. The summed E-state index contributed by atoms with van der Waals surface area (Å²) in [6, 6.07) is 0.319. The number of hydrogen-bond acceptors (Lipinski definition) is 4. The maximum absolute atomic E-state index is 9.26. The zero-order valence-corrected chi connectivity index (χ0v) is 10.1. The number of piperidine rings is 1. The summed E-state index contributed by atoms with van der Waals surface area (Å²) in [5, 5.41) is 9.26. The molecule has 1 aromatic rings. The molecule has 0 aliphatic carbocycles. The van der Waals surface area contributed by atoms with E-state index in [1.54, 1.807) is 0 Å². The molecule has 1 fully saturated rings. The van der Waals surface area contributed by atoms with Gasteiger partial charge < -0.3 is 5.11 Å². The van der Waals surface area contributed by atoms with Gasteiger partial charge in [-0.15, -0.1) is 11.3 Å². The largest absolute Gasteiger partial charge is 0.395 e. The third-order valence-corrected chi connectivity index (χ3v) is 3.94. The lowest BCUT2D eigenvalue weighted by Gasteiger charge is -2.33. The summed E-state index contributed by atoms with van der Waals surface area (Å²) in [5.74, 6) is 0. The lowest BCUT2D eigenvalue weighted by Crippen LogP contribution is -2.40. The van der Waals surface area contributed by atoms with Gasteiger partial charge in [0.05, 0.1) is 6.61 Å². The van der Waals surface area contributed by atoms with E-state index in [1.807, 2.05) is 6.20 Å². The highest BCUT2D eigenvalue weighted by Gasteiger charge is 2.21. The average Bonchev–Trinajstić information content (AvgIpc) is 2.65. The van der Waals surface area contributed by atoms with Gasteiger partial charge >= 0.3 is 0 Å². The lowest BCUT2D eigenvalue weighted by atomic mass is 10.0. The standard InChI is InChI=1S/C10H15ClN2OS/c11-10-12-5-9(15-10)6-13-4-2-1-3-8(13)7-14/h5,8,14H,1-4,6-7H2/t8-/m1/s1. The van der Waals surface area contributed by atoms with Crippen LogP contribution in [0.2, 0.25) is 4.47 Å². The molecule has 0 saturated carbocycles. The Morgan fingerprint density at radius 3 is 3.13 bits per heavy atom. The van der Waals surface area contributed by atoms with E-state index in [4.69, 9.17) is 11.6 Å². The molecule has 1 aliphatic rings. The smallest absolute Gasteiger partial charge is 0.183 e. The minimum atomic E-state index is 0.256. The second kappa shape index (κ2) is 5.25. The van der Waals surface area contributed by atoms with Crippen molar-refractivity contribution < 1.29 is 5.11 Å². The molecule has 2 rings (SSSR count). The van der Waals surface area contributed by atoms with Crippen LogP contribution in [-0.4, -0.2) is 34.2 Å². The quantitative estimate of drug-likeness (QED) is 0.888. The van der Waals surface area contributed by atoms with Crippen LogP contribution in [0.3, 0.4) is 0 Å². The number of thiazole rings is 1. The molecule has 0 bridgehead atoms. The first kappa shape index (κ1) is 11.3. The summed E-state index contributed by atoms with van der Waals surface area (Å²) in [6.45, 7) is 2.20. The second-order valence-electron chi connectivity index (χ2n) is 3.88. The van der Waals surface area contributed by atoms with Crippen LogP contribution in [0.1, 0.15) is 24.1 Å². The summed E-state index contributed by atoms with van der Waals surface area (Å²) >= 11 is 7.31. The number of aliphatic hydroxyl groups excluding tert-OH is 1. The van der Waals surface area contributed by atoms with E-state index in [0.717, 1.165) is 19.5 Å². The Hall–Kier alpha value is -0.160. The van der Waals surface area contributed by atoms with Gasteiger partial charge in [-0.25, -0.2) is 4.98 Å². The summed E-state index contributed by atoms with van der Waals surface area (Å²) in [4.78, 5) is 7.54. The van der Waals surface area contributed by atoms with Gasteiger partial charge in [0.1, 0.15) is 0 Å². The molecule has 1 atom stereocenters. The molecule has 1 N–H and O–H groups in total. The Balaban J connectivity index is 1.97. The number of aliphatic hydroxyl groups is 1. The van der Waals surface area contributed by atoms with Crippen LogP contribution in [0.15, 0.2) is 6.20 Å². The maximum Gasteiger partial charge on any atom is 0.183 e. The molecule has 15 heavy (non-hydrogen) atoms. The minimum absolute atomic E-state index is 0.256. The van der Waals surface area contributed by atoms with Crippen molar-refractivity contribution in [3.8, 4) is 0 Å². The van der Waals surface area contributed by atoms with Gasteiger partial charge in [0.15, 0.2) is 4.47 Å². The third kappa shape index (κ3) is 2.91. The molecule has 0 spiro atoms. The molecule has 0 unspecified atom stereocenters. The van der Waals surface area contributed by atoms with E-state index >= 15 is 0 Å². The van der Waals surface area contributed by atoms with Gasteiger partial charge in [-0.3, -0.25) is 4.90 Å². The fraction of sp³-hybridized carbons (Fsp3) is 0.700. The van der Waals surface area contributed by atoms with Crippen molar-refractivity contribution in [2.45, 2.75) is 31.8 Å². The molecule has 0 radical (unpaired) electrons. The molecular weight excluding hydrogens is 232 g/mol. The van der Waals surface area contributed by atoms with Crippen LogP contribution < -0.4 is 0 Å². The number of aromatic nitrogens is 1. The monoisotopic (exact) mass is 246 g/mol. The fourth-order valence-electron chi connectivity index (χ4n) is 2.03. The Morgan fingerprint density at radius 1 is 1.60 bits per heavy atom. The highest BCUT2D eigenvalue weighted by atomic mass is 35.5. The number of rotatable bonds is 3. The van der Waals surface area contributed by atoms with Crippen molar-refractivity contribution in [1.82, 2.24) is 9.88 Å². The van der Waals surface area contributed by atoms with Crippen molar-refractivity contribution in [2.24, 2.45) is 0 Å². The predicted octanol–water partition coefficient (Wildman–Crippen LogP) is 2.14. The van der Waals surface area contributed by atoms with Crippen molar-refractivity contribution in [3.05, 3.63) is 15.5 Å². The second-order valence-corrected chi connectivity index (χ2v) is 5.58. The van der Waals surface area contributed by atoms with E-state index in [-0.39, 0.29) is 6.61 Å². The molecule has 2 heterocycles. The van der Waals surface area contributed by atoms with Crippen LogP contribution in [0.25, 0.3) is 0 Å². The van der Waals surface area contributed by atoms with Crippen LogP contribution in [0, 0.1) is 0 Å². The van der Waals surface area contributed by atoms with E-state index in [2.05, 4.69) is 9.88 Å². The molecule has 5 heteroatoms. The Morgan fingerprint density at radius 2 is 2.47 bits per heavy atom. The SMILES string of the molecule is OC[C@H]1CCCCN1Cc1cnc(Cl)s1. The number of halogens is 1. The Labute approximate surface area is 98.7 Å². The zero-order chi connectivity index (χ0) is 10.7. The normalized spacial score (nSPS) is 23.2. The Kier molecular flexibility index (Phi) is 3.97. The average molecular weight is 247 g/mol. The highest BCUT2D eigenvalue weighted by Crippen LogP contribution is 2.23. The van der Waals surface area contributed by atoms with Crippen molar-refractivity contribution in [1.29, 1.82) is 0 Å². The first-order valence-electron chi connectivity index (χ1n) is 5.24. The summed E-state index contributed by atoms with van der Waals surface area (Å²) in [5.41, 5.74) is 0. The van der Waals surface area contributed by atoms with Gasteiger partial charge in [0, 0.05) is 23.7 Å². The van der Waals surface area contributed by atoms with Crippen LogP contribution in [0.5, 0.6) is 0 Å². The van der Waals surface area contributed by atoms with Gasteiger partial charge in [0.25, 0.3) is 0 Å². The van der Waals surface area contributed by atoms with Gasteiger partial charge in [-0.2, -0.15) is 0 Å². The van der Waals surface area contributed by atoms with Gasteiger partial charge in [-0.1, -0.05) is 18.0 Å². The van der Waals surface area contributed by atoms with E-state index in [1.165, 1.54) is 29.1 Å². The molecule has 1 aliphatic heterocycles. The topological polar surface area (TPSA) is 36.4 Å². The fourth-order valence-corrected chi connectivity index (χ4v) is 3.04. The minimum Gasteiger partial charge on any atom is -0.395 e.